The highest BCUT2D eigenvalue weighted by Crippen LogP contribution is 2.74. The van der Waals surface area contributed by atoms with Crippen LogP contribution in [0.5, 0.6) is 0 Å². The largest absolute Gasteiger partial charge is 0.462 e. The minimum Gasteiger partial charge on any atom is -0.462 e. The second kappa shape index (κ2) is 6.55. The molecule has 0 spiro atoms. The number of aliphatic hydroxyl groups excluding tert-OH is 1. The van der Waals surface area contributed by atoms with Crippen LogP contribution in [0.4, 0.5) is 0 Å². The van der Waals surface area contributed by atoms with Gasteiger partial charge >= 0.3 is 11.9 Å². The Morgan fingerprint density at radius 1 is 1.13 bits per heavy atom. The second-order valence-electron chi connectivity index (χ2n) is 11.1. The molecule has 4 fully saturated rings. The molecule has 6 heteroatoms. The number of carbonyl (C=O) groups is 2. The van der Waals surface area contributed by atoms with Gasteiger partial charge in [-0.2, -0.15) is 0 Å². The highest BCUT2D eigenvalue weighted by atomic mass is 16.6. The summed E-state index contributed by atoms with van der Waals surface area (Å²) >= 11 is 0. The van der Waals surface area contributed by atoms with Gasteiger partial charge in [-0.05, 0) is 43.4 Å². The maximum atomic E-state index is 12.0. The van der Waals surface area contributed by atoms with Crippen molar-refractivity contribution in [3.8, 4) is 0 Å². The van der Waals surface area contributed by atoms with Gasteiger partial charge in [0, 0.05) is 43.1 Å². The Morgan fingerprint density at radius 2 is 1.80 bits per heavy atom. The number of rotatable bonds is 4. The van der Waals surface area contributed by atoms with Gasteiger partial charge in [-0.15, -0.1) is 0 Å². The molecule has 1 N–H and O–H groups in total. The quantitative estimate of drug-likeness (QED) is 0.429. The van der Waals surface area contributed by atoms with Gasteiger partial charge in [-0.1, -0.05) is 25.5 Å². The first kappa shape index (κ1) is 20.5. The molecule has 0 amide bonds. The van der Waals surface area contributed by atoms with Gasteiger partial charge in [0.25, 0.3) is 0 Å². The van der Waals surface area contributed by atoms with E-state index in [2.05, 4.69) is 19.9 Å². The number of esters is 2. The van der Waals surface area contributed by atoms with E-state index in [4.69, 9.17) is 14.2 Å². The van der Waals surface area contributed by atoms with E-state index in [1.807, 2.05) is 0 Å². The van der Waals surface area contributed by atoms with E-state index in [-0.39, 0.29) is 70.9 Å². The van der Waals surface area contributed by atoms with Gasteiger partial charge in [-0.3, -0.25) is 9.59 Å². The van der Waals surface area contributed by atoms with Crippen molar-refractivity contribution in [1.29, 1.82) is 0 Å². The molecule has 1 saturated heterocycles. The molecule has 0 aromatic rings. The molecule has 5 aliphatic rings. The summed E-state index contributed by atoms with van der Waals surface area (Å²) in [5.41, 5.74) is 1.01. The summed E-state index contributed by atoms with van der Waals surface area (Å²) in [7, 11) is 0. The molecule has 3 saturated carbocycles. The minimum atomic E-state index is -0.248. The van der Waals surface area contributed by atoms with Crippen LogP contribution in [0.1, 0.15) is 59.8 Å². The van der Waals surface area contributed by atoms with Crippen molar-refractivity contribution in [2.75, 3.05) is 13.2 Å². The van der Waals surface area contributed by atoms with Crippen LogP contribution in [-0.4, -0.2) is 48.6 Å². The van der Waals surface area contributed by atoms with Crippen molar-refractivity contribution in [2.24, 2.45) is 34.0 Å². The molecule has 1 heterocycles. The Labute approximate surface area is 178 Å². The van der Waals surface area contributed by atoms with E-state index in [0.717, 1.165) is 38.7 Å². The lowest BCUT2D eigenvalue weighted by Gasteiger charge is -2.58. The van der Waals surface area contributed by atoms with Gasteiger partial charge in [0.05, 0.1) is 12.7 Å². The predicted octanol–water partition coefficient (Wildman–Crippen LogP) is 3.02. The Bertz CT molecular complexity index is 802. The van der Waals surface area contributed by atoms with E-state index in [9.17, 15) is 14.7 Å². The van der Waals surface area contributed by atoms with Crippen LogP contribution in [0.2, 0.25) is 0 Å². The SMILES string of the molecule is CC(=O)O[C@@H]1C[C@@H]2[C@@]3(CO)C[C@H]3[C@H](OC(C)=O)C[C@@]2(C)C2=CC[C@](C)([C@H]3CO3)C[C@H]21. The molecule has 5 rings (SSSR count). The summed E-state index contributed by atoms with van der Waals surface area (Å²) < 4.78 is 17.3. The number of fused-ring (bicyclic) bond motifs is 5. The summed E-state index contributed by atoms with van der Waals surface area (Å²) in [6.45, 7) is 8.44. The summed E-state index contributed by atoms with van der Waals surface area (Å²) in [5, 5.41) is 10.4. The summed E-state index contributed by atoms with van der Waals surface area (Å²) in [6.07, 6.45) is 6.67. The van der Waals surface area contributed by atoms with Gasteiger partial charge < -0.3 is 19.3 Å². The van der Waals surface area contributed by atoms with Gasteiger partial charge in [0.1, 0.15) is 12.2 Å². The molecule has 0 aromatic carbocycles. The molecular formula is C24H34O6. The number of allylic oxidation sites excluding steroid dienone is 1. The van der Waals surface area contributed by atoms with E-state index in [0.29, 0.717) is 0 Å². The number of aliphatic hydroxyl groups is 1. The maximum absolute atomic E-state index is 12.0. The van der Waals surface area contributed by atoms with Crippen molar-refractivity contribution < 1.29 is 28.9 Å². The highest BCUT2D eigenvalue weighted by Gasteiger charge is 2.73. The van der Waals surface area contributed by atoms with Gasteiger partial charge in [-0.25, -0.2) is 0 Å². The van der Waals surface area contributed by atoms with Crippen LogP contribution in [-0.2, 0) is 23.8 Å². The molecule has 9 atom stereocenters. The fourth-order valence-corrected chi connectivity index (χ4v) is 7.66. The number of hydrogen-bond donors (Lipinski definition) is 1. The number of hydrogen-bond acceptors (Lipinski definition) is 6. The standard InChI is InChI=1S/C24H34O6/c1-13(26)29-18-7-20-23(4,10-19(30-14(2)27)17-9-24(17,20)12-25)16-5-6-22(3,8-15(16)18)21-11-28-21/h5,15,17-21,25H,6-12H2,1-4H3/t15-,17+,18-,19-,20+,21-,22+,23+,24-/m1/s1. The van der Waals surface area contributed by atoms with Crippen molar-refractivity contribution >= 4 is 11.9 Å². The van der Waals surface area contributed by atoms with Crippen LogP contribution in [0, 0.1) is 34.0 Å². The lowest BCUT2D eigenvalue weighted by molar-refractivity contribution is -0.167. The summed E-state index contributed by atoms with van der Waals surface area (Å²) in [6, 6.07) is 0. The Hall–Kier alpha value is -1.40. The zero-order valence-electron chi connectivity index (χ0n) is 18.5. The third-order valence-electron chi connectivity index (χ3n) is 9.21. The minimum absolute atomic E-state index is 0.0660. The van der Waals surface area contributed by atoms with Crippen LogP contribution >= 0.6 is 0 Å². The van der Waals surface area contributed by atoms with E-state index >= 15 is 0 Å². The summed E-state index contributed by atoms with van der Waals surface area (Å²) in [5.74, 6) is 0.0922. The molecule has 0 radical (unpaired) electrons. The number of ether oxygens (including phenoxy) is 3. The Kier molecular flexibility index (Phi) is 4.48. The molecule has 6 nitrogen and oxygen atoms in total. The summed E-state index contributed by atoms with van der Waals surface area (Å²) in [4.78, 5) is 23.8. The average Bonchev–Trinajstić information content (AvgIpc) is 3.55. The third kappa shape index (κ3) is 2.89. The molecule has 0 aromatic heterocycles. The first-order valence-electron chi connectivity index (χ1n) is 11.4. The predicted molar refractivity (Wildman–Crippen MR) is 108 cm³/mol. The van der Waals surface area contributed by atoms with Crippen molar-refractivity contribution in [2.45, 2.75) is 78.1 Å². The number of carbonyl (C=O) groups excluding carboxylic acids is 2. The van der Waals surface area contributed by atoms with Crippen LogP contribution in [0.3, 0.4) is 0 Å². The first-order valence-corrected chi connectivity index (χ1v) is 11.4. The Balaban J connectivity index is 1.55. The molecule has 4 aliphatic carbocycles. The van der Waals surface area contributed by atoms with Crippen LogP contribution in [0.25, 0.3) is 0 Å². The van der Waals surface area contributed by atoms with E-state index < -0.39 is 0 Å². The van der Waals surface area contributed by atoms with Crippen molar-refractivity contribution in [3.05, 3.63) is 11.6 Å². The Morgan fingerprint density at radius 3 is 2.40 bits per heavy atom. The monoisotopic (exact) mass is 418 g/mol. The zero-order valence-corrected chi connectivity index (χ0v) is 18.5. The molecule has 30 heavy (non-hydrogen) atoms. The fraction of sp³-hybridized carbons (Fsp3) is 0.833. The van der Waals surface area contributed by atoms with E-state index in [1.165, 1.54) is 19.4 Å². The van der Waals surface area contributed by atoms with Crippen molar-refractivity contribution in [3.63, 3.8) is 0 Å². The molecule has 0 bridgehead atoms. The molecule has 1 aliphatic heterocycles. The molecule has 166 valence electrons. The molecule has 0 unspecified atom stereocenters. The smallest absolute Gasteiger partial charge is 0.302 e. The lowest BCUT2D eigenvalue weighted by atomic mass is 9.48. The van der Waals surface area contributed by atoms with Gasteiger partial charge in [0.2, 0.25) is 0 Å². The lowest BCUT2D eigenvalue weighted by Crippen LogP contribution is -2.56. The maximum Gasteiger partial charge on any atom is 0.302 e. The van der Waals surface area contributed by atoms with E-state index in [1.54, 1.807) is 0 Å². The van der Waals surface area contributed by atoms with Crippen LogP contribution in [0.15, 0.2) is 11.6 Å². The fourth-order valence-electron chi connectivity index (χ4n) is 7.66. The zero-order chi connectivity index (χ0) is 21.5. The topological polar surface area (TPSA) is 85.4 Å². The average molecular weight is 419 g/mol. The molecular weight excluding hydrogens is 384 g/mol. The van der Waals surface area contributed by atoms with Crippen molar-refractivity contribution in [1.82, 2.24) is 0 Å². The van der Waals surface area contributed by atoms with Crippen LogP contribution < -0.4 is 0 Å². The number of epoxide rings is 1. The highest BCUT2D eigenvalue weighted by molar-refractivity contribution is 5.67. The van der Waals surface area contributed by atoms with Gasteiger partial charge in [0.15, 0.2) is 0 Å². The third-order valence-corrected chi connectivity index (χ3v) is 9.21. The first-order chi connectivity index (χ1) is 14.1. The second-order valence-corrected chi connectivity index (χ2v) is 11.1. The normalized spacial score (nSPS) is 50.9.